The average Bonchev–Trinajstić information content (AvgIpc) is 2.99. The van der Waals surface area contributed by atoms with Crippen molar-refractivity contribution in [1.82, 2.24) is 20.4 Å². The Bertz CT molecular complexity index is 571. The third-order valence-corrected chi connectivity index (χ3v) is 3.52. The van der Waals surface area contributed by atoms with Crippen LogP contribution >= 0.6 is 11.6 Å². The predicted molar refractivity (Wildman–Crippen MR) is 83.0 cm³/mol. The Morgan fingerprint density at radius 1 is 1.38 bits per heavy atom. The summed E-state index contributed by atoms with van der Waals surface area (Å²) in [6, 6.07) is 9.10. The molecule has 0 aliphatic heterocycles. The molecule has 0 spiro atoms. The molecule has 1 atom stereocenters. The van der Waals surface area contributed by atoms with Gasteiger partial charge < -0.3 is 10.6 Å². The van der Waals surface area contributed by atoms with Gasteiger partial charge in [0.2, 0.25) is 5.91 Å². The lowest BCUT2D eigenvalue weighted by atomic mass is 10.2. The van der Waals surface area contributed by atoms with E-state index >= 15 is 0 Å². The van der Waals surface area contributed by atoms with Crippen LogP contribution in [0.4, 0.5) is 0 Å². The Balaban J connectivity index is 1.71. The molecule has 5 nitrogen and oxygen atoms in total. The molecule has 2 N–H and O–H groups in total. The van der Waals surface area contributed by atoms with Crippen molar-refractivity contribution < 1.29 is 4.79 Å². The summed E-state index contributed by atoms with van der Waals surface area (Å²) < 4.78 is 1.82. The summed E-state index contributed by atoms with van der Waals surface area (Å²) in [6.45, 7) is 3.69. The van der Waals surface area contributed by atoms with E-state index in [2.05, 4.69) is 15.7 Å². The maximum absolute atomic E-state index is 12.0. The Morgan fingerprint density at radius 2 is 2.19 bits per heavy atom. The van der Waals surface area contributed by atoms with Gasteiger partial charge in [0.15, 0.2) is 0 Å². The average molecular weight is 307 g/mol. The summed E-state index contributed by atoms with van der Waals surface area (Å²) in [7, 11) is 0. The molecule has 1 amide bonds. The molecule has 0 aliphatic rings. The largest absolute Gasteiger partial charge is 0.351 e. The van der Waals surface area contributed by atoms with Crippen molar-refractivity contribution in [2.75, 3.05) is 6.54 Å². The van der Waals surface area contributed by atoms with E-state index in [4.69, 9.17) is 11.6 Å². The zero-order chi connectivity index (χ0) is 15.1. The summed E-state index contributed by atoms with van der Waals surface area (Å²) in [5, 5.41) is 10.8. The molecule has 21 heavy (non-hydrogen) atoms. The smallest absolute Gasteiger partial charge is 0.237 e. The Kier molecular flexibility index (Phi) is 5.78. The number of aromatic nitrogens is 2. The third kappa shape index (κ3) is 4.88. The fourth-order valence-electron chi connectivity index (χ4n) is 1.90. The van der Waals surface area contributed by atoms with Gasteiger partial charge in [-0.25, -0.2) is 0 Å². The van der Waals surface area contributed by atoms with Gasteiger partial charge in [0.1, 0.15) is 0 Å². The standard InChI is InChI=1S/C15H19ClN4O/c1-12(17-8-10-20-9-4-7-19-20)15(21)18-11-13-5-2-3-6-14(13)16/h2-7,9,12,17H,8,10-11H2,1H3,(H,18,21)/t12-/m0/s1. The summed E-state index contributed by atoms with van der Waals surface area (Å²) in [6.07, 6.45) is 3.63. The van der Waals surface area contributed by atoms with Crippen molar-refractivity contribution >= 4 is 17.5 Å². The Hall–Kier alpha value is -1.85. The number of benzene rings is 1. The summed E-state index contributed by atoms with van der Waals surface area (Å²) in [5.41, 5.74) is 0.913. The second kappa shape index (κ2) is 7.81. The zero-order valence-electron chi connectivity index (χ0n) is 11.9. The molecule has 0 radical (unpaired) electrons. The fraction of sp³-hybridized carbons (Fsp3) is 0.333. The highest BCUT2D eigenvalue weighted by atomic mass is 35.5. The number of halogens is 1. The van der Waals surface area contributed by atoms with Gasteiger partial charge in [0, 0.05) is 30.5 Å². The van der Waals surface area contributed by atoms with Crippen LogP contribution in [-0.4, -0.2) is 28.3 Å². The maximum atomic E-state index is 12.0. The first-order valence-corrected chi connectivity index (χ1v) is 7.26. The molecule has 0 fully saturated rings. The van der Waals surface area contributed by atoms with E-state index in [0.717, 1.165) is 12.1 Å². The number of carbonyl (C=O) groups is 1. The topological polar surface area (TPSA) is 59.0 Å². The van der Waals surface area contributed by atoms with Gasteiger partial charge in [-0.2, -0.15) is 5.10 Å². The van der Waals surface area contributed by atoms with E-state index < -0.39 is 0 Å². The van der Waals surface area contributed by atoms with Crippen LogP contribution in [-0.2, 0) is 17.9 Å². The lowest BCUT2D eigenvalue weighted by Gasteiger charge is -2.14. The molecular weight excluding hydrogens is 288 g/mol. The molecule has 1 aromatic heterocycles. The van der Waals surface area contributed by atoms with Gasteiger partial charge in [-0.3, -0.25) is 9.48 Å². The number of rotatable bonds is 7. The van der Waals surface area contributed by atoms with Crippen molar-refractivity contribution in [2.24, 2.45) is 0 Å². The third-order valence-electron chi connectivity index (χ3n) is 3.15. The summed E-state index contributed by atoms with van der Waals surface area (Å²) in [4.78, 5) is 12.0. The highest BCUT2D eigenvalue weighted by molar-refractivity contribution is 6.31. The summed E-state index contributed by atoms with van der Waals surface area (Å²) >= 11 is 6.05. The minimum absolute atomic E-state index is 0.0459. The molecule has 0 saturated heterocycles. The van der Waals surface area contributed by atoms with Crippen LogP contribution in [0, 0.1) is 0 Å². The molecule has 0 aliphatic carbocycles. The second-order valence-corrected chi connectivity index (χ2v) is 5.16. The Labute approximate surface area is 129 Å². The molecule has 6 heteroatoms. The van der Waals surface area contributed by atoms with Gasteiger partial charge in [0.25, 0.3) is 0 Å². The van der Waals surface area contributed by atoms with Crippen LogP contribution in [0.5, 0.6) is 0 Å². The molecule has 0 unspecified atom stereocenters. The molecule has 0 saturated carbocycles. The first-order valence-electron chi connectivity index (χ1n) is 6.89. The second-order valence-electron chi connectivity index (χ2n) is 4.75. The summed E-state index contributed by atoms with van der Waals surface area (Å²) in [5.74, 6) is -0.0459. The lowest BCUT2D eigenvalue weighted by molar-refractivity contribution is -0.122. The van der Waals surface area contributed by atoms with E-state index in [0.29, 0.717) is 18.1 Å². The first-order chi connectivity index (χ1) is 10.2. The van der Waals surface area contributed by atoms with Crippen molar-refractivity contribution in [2.45, 2.75) is 26.1 Å². The van der Waals surface area contributed by atoms with E-state index in [1.54, 1.807) is 6.20 Å². The normalized spacial score (nSPS) is 12.1. The van der Waals surface area contributed by atoms with Crippen LogP contribution in [0.25, 0.3) is 0 Å². The van der Waals surface area contributed by atoms with E-state index in [1.165, 1.54) is 0 Å². The van der Waals surface area contributed by atoms with Crippen molar-refractivity contribution in [3.8, 4) is 0 Å². The predicted octanol–water partition coefficient (Wildman–Crippen LogP) is 1.83. The minimum Gasteiger partial charge on any atom is -0.351 e. The number of hydrogen-bond acceptors (Lipinski definition) is 3. The van der Waals surface area contributed by atoms with E-state index in [-0.39, 0.29) is 11.9 Å². The van der Waals surface area contributed by atoms with Crippen LogP contribution in [0.15, 0.2) is 42.7 Å². The van der Waals surface area contributed by atoms with Gasteiger partial charge in [-0.1, -0.05) is 29.8 Å². The number of hydrogen-bond donors (Lipinski definition) is 2. The van der Waals surface area contributed by atoms with Crippen LogP contribution in [0.3, 0.4) is 0 Å². The van der Waals surface area contributed by atoms with Gasteiger partial charge in [-0.05, 0) is 24.6 Å². The van der Waals surface area contributed by atoms with Crippen LogP contribution in [0.1, 0.15) is 12.5 Å². The highest BCUT2D eigenvalue weighted by Crippen LogP contribution is 2.14. The fourth-order valence-corrected chi connectivity index (χ4v) is 2.10. The molecule has 1 heterocycles. The van der Waals surface area contributed by atoms with Gasteiger partial charge in [-0.15, -0.1) is 0 Å². The quantitative estimate of drug-likeness (QED) is 0.820. The van der Waals surface area contributed by atoms with Gasteiger partial charge >= 0.3 is 0 Å². The van der Waals surface area contributed by atoms with Crippen LogP contribution in [0.2, 0.25) is 5.02 Å². The number of amides is 1. The number of nitrogens with one attached hydrogen (secondary N) is 2. The lowest BCUT2D eigenvalue weighted by Crippen LogP contribution is -2.43. The number of nitrogens with zero attached hydrogens (tertiary/aromatic N) is 2. The monoisotopic (exact) mass is 306 g/mol. The molecule has 2 rings (SSSR count). The molecule has 1 aromatic carbocycles. The number of carbonyl (C=O) groups excluding carboxylic acids is 1. The first kappa shape index (κ1) is 15.5. The van der Waals surface area contributed by atoms with E-state index in [1.807, 2.05) is 48.1 Å². The Morgan fingerprint density at radius 3 is 2.90 bits per heavy atom. The maximum Gasteiger partial charge on any atom is 0.237 e. The molecule has 112 valence electrons. The molecule has 0 bridgehead atoms. The highest BCUT2D eigenvalue weighted by Gasteiger charge is 2.11. The SMILES string of the molecule is C[C@H](NCCn1cccn1)C(=O)NCc1ccccc1Cl. The minimum atomic E-state index is -0.261. The van der Waals surface area contributed by atoms with E-state index in [9.17, 15) is 4.79 Å². The van der Waals surface area contributed by atoms with Crippen molar-refractivity contribution in [1.29, 1.82) is 0 Å². The van der Waals surface area contributed by atoms with Crippen molar-refractivity contribution in [3.63, 3.8) is 0 Å². The van der Waals surface area contributed by atoms with Crippen molar-refractivity contribution in [3.05, 3.63) is 53.3 Å². The van der Waals surface area contributed by atoms with Crippen LogP contribution < -0.4 is 10.6 Å². The van der Waals surface area contributed by atoms with Gasteiger partial charge in [0.05, 0.1) is 12.6 Å². The zero-order valence-corrected chi connectivity index (χ0v) is 12.7. The molecular formula is C15H19ClN4O. The molecule has 2 aromatic rings.